The highest BCUT2D eigenvalue weighted by atomic mass is 16.5. The van der Waals surface area contributed by atoms with Gasteiger partial charge in [-0.1, -0.05) is 0 Å². The summed E-state index contributed by atoms with van der Waals surface area (Å²) < 4.78 is 10.4. The van der Waals surface area contributed by atoms with E-state index in [4.69, 9.17) is 9.47 Å². The minimum absolute atomic E-state index is 0.515. The lowest BCUT2D eigenvalue weighted by atomic mass is 10.2. The third-order valence-electron chi connectivity index (χ3n) is 3.35. The Bertz CT molecular complexity index is 385. The van der Waals surface area contributed by atoms with Gasteiger partial charge in [-0.25, -0.2) is 0 Å². The summed E-state index contributed by atoms with van der Waals surface area (Å²) in [5.41, 5.74) is 0. The van der Waals surface area contributed by atoms with Crippen LogP contribution < -0.4 is 19.7 Å². The second-order valence-electron chi connectivity index (χ2n) is 4.58. The molecule has 1 N–H and O–H groups in total. The molecule has 106 valence electrons. The molecule has 0 aliphatic carbocycles. The van der Waals surface area contributed by atoms with E-state index >= 15 is 0 Å². The average Bonchev–Trinajstić information content (AvgIpc) is 2.97. The molecule has 0 aromatic carbocycles. The first-order valence-corrected chi connectivity index (χ1v) is 6.72. The lowest BCUT2D eigenvalue weighted by molar-refractivity contribution is 0.371. The first-order chi connectivity index (χ1) is 9.26. The van der Waals surface area contributed by atoms with E-state index in [0.717, 1.165) is 19.6 Å². The van der Waals surface area contributed by atoms with Crippen LogP contribution in [-0.2, 0) is 0 Å². The van der Waals surface area contributed by atoms with Crippen molar-refractivity contribution in [3.63, 3.8) is 0 Å². The SMILES string of the molecule is CCN(CC1CCCN1)c1nc(OC)cc(OC)n1. The fraction of sp³-hybridized carbons (Fsp3) is 0.692. The molecule has 19 heavy (non-hydrogen) atoms. The Morgan fingerprint density at radius 3 is 2.47 bits per heavy atom. The third-order valence-corrected chi connectivity index (χ3v) is 3.35. The molecule has 1 aromatic heterocycles. The van der Waals surface area contributed by atoms with Gasteiger partial charge in [0.05, 0.1) is 20.3 Å². The molecule has 0 saturated carbocycles. The minimum Gasteiger partial charge on any atom is -0.481 e. The molecule has 1 saturated heterocycles. The Morgan fingerprint density at radius 1 is 1.32 bits per heavy atom. The Balaban J connectivity index is 2.15. The fourth-order valence-electron chi connectivity index (χ4n) is 2.27. The highest BCUT2D eigenvalue weighted by Gasteiger charge is 2.19. The van der Waals surface area contributed by atoms with Gasteiger partial charge in [0.2, 0.25) is 17.7 Å². The van der Waals surface area contributed by atoms with Gasteiger partial charge in [0, 0.05) is 19.1 Å². The molecule has 1 unspecified atom stereocenters. The molecule has 1 atom stereocenters. The molecule has 2 heterocycles. The normalized spacial score (nSPS) is 18.4. The number of methoxy groups -OCH3 is 2. The number of nitrogens with zero attached hydrogens (tertiary/aromatic N) is 3. The summed E-state index contributed by atoms with van der Waals surface area (Å²) in [5, 5.41) is 3.49. The molecule has 2 rings (SSSR count). The van der Waals surface area contributed by atoms with Gasteiger partial charge in [0.25, 0.3) is 0 Å². The van der Waals surface area contributed by atoms with Gasteiger partial charge in [0.15, 0.2) is 0 Å². The van der Waals surface area contributed by atoms with Crippen LogP contribution in [0.4, 0.5) is 5.95 Å². The summed E-state index contributed by atoms with van der Waals surface area (Å²) in [6.45, 7) is 4.97. The zero-order valence-electron chi connectivity index (χ0n) is 11.8. The van der Waals surface area contributed by atoms with Gasteiger partial charge in [-0.2, -0.15) is 9.97 Å². The summed E-state index contributed by atoms with van der Waals surface area (Å²) in [6.07, 6.45) is 2.45. The molecule has 6 nitrogen and oxygen atoms in total. The second-order valence-corrected chi connectivity index (χ2v) is 4.58. The molecule has 1 fully saturated rings. The predicted molar refractivity (Wildman–Crippen MR) is 74.0 cm³/mol. The standard InChI is InChI=1S/C13H22N4O2/c1-4-17(9-10-6-5-7-14-10)13-15-11(18-2)8-12(16-13)19-3/h8,10,14H,4-7,9H2,1-3H3. The van der Waals surface area contributed by atoms with Crippen molar-refractivity contribution < 1.29 is 9.47 Å². The molecule has 0 spiro atoms. The molecule has 0 bridgehead atoms. The van der Waals surface area contributed by atoms with Crippen LogP contribution in [0.15, 0.2) is 6.07 Å². The largest absolute Gasteiger partial charge is 0.481 e. The molecular formula is C13H22N4O2. The van der Waals surface area contributed by atoms with Crippen molar-refractivity contribution >= 4 is 5.95 Å². The number of nitrogens with one attached hydrogen (secondary N) is 1. The van der Waals surface area contributed by atoms with Gasteiger partial charge in [-0.05, 0) is 26.3 Å². The van der Waals surface area contributed by atoms with E-state index in [0.29, 0.717) is 23.8 Å². The molecular weight excluding hydrogens is 244 g/mol. The predicted octanol–water partition coefficient (Wildman–Crippen LogP) is 1.07. The number of rotatable bonds is 6. The topological polar surface area (TPSA) is 59.5 Å². The Morgan fingerprint density at radius 2 is 2.00 bits per heavy atom. The summed E-state index contributed by atoms with van der Waals surface area (Å²) in [6, 6.07) is 2.20. The van der Waals surface area contributed by atoms with Crippen LogP contribution >= 0.6 is 0 Å². The Hall–Kier alpha value is -1.56. The van der Waals surface area contributed by atoms with E-state index in [1.54, 1.807) is 20.3 Å². The van der Waals surface area contributed by atoms with E-state index in [-0.39, 0.29) is 0 Å². The van der Waals surface area contributed by atoms with Gasteiger partial charge in [-0.3, -0.25) is 0 Å². The van der Waals surface area contributed by atoms with Crippen LogP contribution in [0, 0.1) is 0 Å². The lowest BCUT2D eigenvalue weighted by Crippen LogP contribution is -2.38. The van der Waals surface area contributed by atoms with Crippen molar-refractivity contribution in [1.82, 2.24) is 15.3 Å². The van der Waals surface area contributed by atoms with Crippen molar-refractivity contribution in [2.45, 2.75) is 25.8 Å². The van der Waals surface area contributed by atoms with Crippen LogP contribution in [0.25, 0.3) is 0 Å². The Labute approximate surface area is 114 Å². The minimum atomic E-state index is 0.515. The quantitative estimate of drug-likeness (QED) is 0.831. The molecule has 0 radical (unpaired) electrons. The van der Waals surface area contributed by atoms with Crippen LogP contribution in [-0.4, -0.2) is 49.9 Å². The number of hydrogen-bond acceptors (Lipinski definition) is 6. The molecule has 6 heteroatoms. The van der Waals surface area contributed by atoms with Crippen molar-refractivity contribution in [3.8, 4) is 11.8 Å². The zero-order chi connectivity index (χ0) is 13.7. The maximum absolute atomic E-state index is 5.19. The smallest absolute Gasteiger partial charge is 0.232 e. The van der Waals surface area contributed by atoms with Crippen molar-refractivity contribution in [2.24, 2.45) is 0 Å². The van der Waals surface area contributed by atoms with E-state index in [9.17, 15) is 0 Å². The first-order valence-electron chi connectivity index (χ1n) is 6.72. The van der Waals surface area contributed by atoms with Crippen LogP contribution in [0.1, 0.15) is 19.8 Å². The number of aromatic nitrogens is 2. The zero-order valence-corrected chi connectivity index (χ0v) is 11.8. The molecule has 1 aliphatic heterocycles. The maximum atomic E-state index is 5.19. The summed E-state index contributed by atoms with van der Waals surface area (Å²) in [4.78, 5) is 10.9. The monoisotopic (exact) mass is 266 g/mol. The van der Waals surface area contributed by atoms with Crippen molar-refractivity contribution in [2.75, 3.05) is 38.8 Å². The summed E-state index contributed by atoms with van der Waals surface area (Å²) >= 11 is 0. The highest BCUT2D eigenvalue weighted by Crippen LogP contribution is 2.20. The second kappa shape index (κ2) is 6.56. The lowest BCUT2D eigenvalue weighted by Gasteiger charge is -2.24. The van der Waals surface area contributed by atoms with E-state index in [1.807, 2.05) is 0 Å². The average molecular weight is 266 g/mol. The van der Waals surface area contributed by atoms with E-state index < -0.39 is 0 Å². The third kappa shape index (κ3) is 3.47. The molecule has 1 aliphatic rings. The van der Waals surface area contributed by atoms with Gasteiger partial charge >= 0.3 is 0 Å². The van der Waals surface area contributed by atoms with E-state index in [2.05, 4.69) is 27.1 Å². The van der Waals surface area contributed by atoms with Crippen LogP contribution in [0.5, 0.6) is 11.8 Å². The van der Waals surface area contributed by atoms with Crippen LogP contribution in [0.2, 0.25) is 0 Å². The van der Waals surface area contributed by atoms with Crippen molar-refractivity contribution in [1.29, 1.82) is 0 Å². The number of likely N-dealkylation sites (N-methyl/N-ethyl adjacent to an activating group) is 1. The number of anilines is 1. The summed E-state index contributed by atoms with van der Waals surface area (Å²) in [5.74, 6) is 1.71. The molecule has 1 aromatic rings. The molecule has 0 amide bonds. The maximum Gasteiger partial charge on any atom is 0.232 e. The first kappa shape index (κ1) is 13.9. The number of ether oxygens (including phenoxy) is 2. The van der Waals surface area contributed by atoms with Crippen LogP contribution in [0.3, 0.4) is 0 Å². The van der Waals surface area contributed by atoms with Crippen molar-refractivity contribution in [3.05, 3.63) is 6.07 Å². The Kier molecular flexibility index (Phi) is 4.79. The van der Waals surface area contributed by atoms with Gasteiger partial charge in [-0.15, -0.1) is 0 Å². The fourth-order valence-corrected chi connectivity index (χ4v) is 2.27. The van der Waals surface area contributed by atoms with Gasteiger partial charge in [0.1, 0.15) is 0 Å². The summed E-state index contributed by atoms with van der Waals surface area (Å²) in [7, 11) is 3.20. The van der Waals surface area contributed by atoms with Gasteiger partial charge < -0.3 is 19.7 Å². The highest BCUT2D eigenvalue weighted by molar-refractivity contribution is 5.36. The number of hydrogen-bond donors (Lipinski definition) is 1. The van der Waals surface area contributed by atoms with E-state index in [1.165, 1.54) is 12.8 Å².